The lowest BCUT2D eigenvalue weighted by atomic mass is 9.96. The zero-order valence-electron chi connectivity index (χ0n) is 11.7. The molecule has 1 aromatic rings. The normalized spacial score (nSPS) is 17.6. The first-order chi connectivity index (χ1) is 9.32. The van der Waals surface area contributed by atoms with E-state index in [-0.39, 0.29) is 19.4 Å². The van der Waals surface area contributed by atoms with Crippen molar-refractivity contribution in [2.24, 2.45) is 5.92 Å². The smallest absolute Gasteiger partial charge is 0.391 e. The molecule has 0 radical (unpaired) electrons. The lowest BCUT2D eigenvalue weighted by molar-refractivity contribution is -0.179. The summed E-state index contributed by atoms with van der Waals surface area (Å²) in [5.74, 6) is -0.590. The second kappa shape index (κ2) is 5.60. The van der Waals surface area contributed by atoms with Gasteiger partial charge in [0, 0.05) is 24.3 Å². The quantitative estimate of drug-likeness (QED) is 0.909. The van der Waals surface area contributed by atoms with Crippen molar-refractivity contribution in [3.8, 4) is 0 Å². The molecule has 0 saturated carbocycles. The number of aryl methyl sites for hydroxylation is 2. The van der Waals surface area contributed by atoms with E-state index in [1.165, 1.54) is 0 Å². The molecule has 2 rings (SSSR count). The van der Waals surface area contributed by atoms with Crippen LogP contribution in [-0.4, -0.2) is 29.4 Å². The molecule has 6 heteroatoms. The number of pyridine rings is 1. The molecule has 0 unspecified atom stereocenters. The van der Waals surface area contributed by atoms with Crippen molar-refractivity contribution in [1.29, 1.82) is 0 Å². The number of nitrogens with zero attached hydrogens (tertiary/aromatic N) is 2. The van der Waals surface area contributed by atoms with Gasteiger partial charge in [-0.05, 0) is 38.3 Å². The molecule has 1 aliphatic rings. The van der Waals surface area contributed by atoms with Gasteiger partial charge in [-0.2, -0.15) is 13.2 Å². The van der Waals surface area contributed by atoms with Crippen molar-refractivity contribution >= 4 is 5.82 Å². The average Bonchev–Trinajstić information content (AvgIpc) is 2.37. The number of anilines is 1. The molecule has 1 aromatic heterocycles. The van der Waals surface area contributed by atoms with Gasteiger partial charge in [0.2, 0.25) is 0 Å². The summed E-state index contributed by atoms with van der Waals surface area (Å²) in [6.45, 7) is 4.24. The minimum atomic E-state index is -4.11. The molecule has 2 heterocycles. The Morgan fingerprint density at radius 1 is 1.30 bits per heavy atom. The number of rotatable bonds is 2. The minimum absolute atomic E-state index is 0.0863. The summed E-state index contributed by atoms with van der Waals surface area (Å²) in [5, 5.41) is 9.46. The lowest BCUT2D eigenvalue weighted by Gasteiger charge is -2.35. The predicted molar refractivity (Wildman–Crippen MR) is 70.6 cm³/mol. The van der Waals surface area contributed by atoms with E-state index < -0.39 is 12.1 Å². The Bertz CT molecular complexity index is 480. The fraction of sp³-hybridized carbons (Fsp3) is 0.643. The number of aromatic nitrogens is 1. The van der Waals surface area contributed by atoms with Crippen molar-refractivity contribution in [2.45, 2.75) is 39.5 Å². The van der Waals surface area contributed by atoms with Crippen LogP contribution in [0.15, 0.2) is 6.07 Å². The summed E-state index contributed by atoms with van der Waals surface area (Å²) in [6, 6.07) is 1.87. The molecule has 1 fully saturated rings. The third-order valence-electron chi connectivity index (χ3n) is 3.87. The highest BCUT2D eigenvalue weighted by Gasteiger charge is 2.41. The lowest BCUT2D eigenvalue weighted by Crippen LogP contribution is -2.40. The van der Waals surface area contributed by atoms with Crippen LogP contribution in [0.5, 0.6) is 0 Å². The van der Waals surface area contributed by atoms with Crippen LogP contribution in [0.25, 0.3) is 0 Å². The van der Waals surface area contributed by atoms with Crippen molar-refractivity contribution < 1.29 is 18.3 Å². The van der Waals surface area contributed by atoms with Crippen LogP contribution < -0.4 is 4.90 Å². The molecule has 112 valence electrons. The maximum atomic E-state index is 12.7. The fourth-order valence-corrected chi connectivity index (χ4v) is 2.72. The Morgan fingerprint density at radius 2 is 1.90 bits per heavy atom. The molecule has 0 amide bonds. The summed E-state index contributed by atoms with van der Waals surface area (Å²) in [4.78, 5) is 6.26. The van der Waals surface area contributed by atoms with Gasteiger partial charge in [0.05, 0.1) is 12.5 Å². The van der Waals surface area contributed by atoms with Crippen LogP contribution in [-0.2, 0) is 6.61 Å². The summed E-state index contributed by atoms with van der Waals surface area (Å²) in [6.07, 6.45) is -3.94. The zero-order chi connectivity index (χ0) is 14.9. The van der Waals surface area contributed by atoms with Crippen LogP contribution >= 0.6 is 0 Å². The number of aliphatic hydroxyl groups is 1. The summed E-state index contributed by atoms with van der Waals surface area (Å²) in [7, 11) is 0. The largest absolute Gasteiger partial charge is 0.392 e. The maximum absolute atomic E-state index is 12.7. The second-order valence-corrected chi connectivity index (χ2v) is 5.34. The van der Waals surface area contributed by atoms with Gasteiger partial charge in [0.15, 0.2) is 0 Å². The number of alkyl halides is 3. The highest BCUT2D eigenvalue weighted by Crippen LogP contribution is 2.36. The van der Waals surface area contributed by atoms with Gasteiger partial charge in [-0.3, -0.25) is 0 Å². The van der Waals surface area contributed by atoms with E-state index in [4.69, 9.17) is 0 Å². The third-order valence-corrected chi connectivity index (χ3v) is 3.87. The number of piperidine rings is 1. The van der Waals surface area contributed by atoms with Crippen LogP contribution in [0.3, 0.4) is 0 Å². The van der Waals surface area contributed by atoms with E-state index >= 15 is 0 Å². The highest BCUT2D eigenvalue weighted by molar-refractivity contribution is 5.51. The average molecular weight is 288 g/mol. The van der Waals surface area contributed by atoms with Crippen molar-refractivity contribution in [3.05, 3.63) is 22.9 Å². The topological polar surface area (TPSA) is 36.4 Å². The van der Waals surface area contributed by atoms with E-state index in [0.29, 0.717) is 24.5 Å². The van der Waals surface area contributed by atoms with E-state index in [1.807, 2.05) is 24.8 Å². The van der Waals surface area contributed by atoms with Crippen molar-refractivity contribution in [3.63, 3.8) is 0 Å². The van der Waals surface area contributed by atoms with Gasteiger partial charge >= 0.3 is 6.18 Å². The van der Waals surface area contributed by atoms with Gasteiger partial charge in [0.25, 0.3) is 0 Å². The van der Waals surface area contributed by atoms with Gasteiger partial charge in [-0.1, -0.05) is 0 Å². The molecule has 1 N–H and O–H groups in total. The molecule has 20 heavy (non-hydrogen) atoms. The molecule has 0 aromatic carbocycles. The molecule has 1 saturated heterocycles. The van der Waals surface area contributed by atoms with E-state index in [0.717, 1.165) is 11.3 Å². The molecule has 3 nitrogen and oxygen atoms in total. The molecular weight excluding hydrogens is 269 g/mol. The number of halogens is 3. The molecule has 1 aliphatic heterocycles. The van der Waals surface area contributed by atoms with Gasteiger partial charge in [-0.25, -0.2) is 4.98 Å². The van der Waals surface area contributed by atoms with Crippen LogP contribution in [0.1, 0.15) is 29.7 Å². The molecule has 0 aliphatic carbocycles. The van der Waals surface area contributed by atoms with Gasteiger partial charge < -0.3 is 10.0 Å². The molecule has 0 bridgehead atoms. The Hall–Kier alpha value is -1.30. The SMILES string of the molecule is Cc1cc(C)c(CO)c(N2CCC(C(F)(F)F)CC2)n1. The van der Waals surface area contributed by atoms with E-state index in [1.54, 1.807) is 0 Å². The van der Waals surface area contributed by atoms with Crippen molar-refractivity contribution in [2.75, 3.05) is 18.0 Å². The Labute approximate surface area is 116 Å². The minimum Gasteiger partial charge on any atom is -0.392 e. The number of hydrogen-bond acceptors (Lipinski definition) is 3. The first-order valence-electron chi connectivity index (χ1n) is 6.72. The second-order valence-electron chi connectivity index (χ2n) is 5.34. The number of aliphatic hydroxyl groups excluding tert-OH is 1. The fourth-order valence-electron chi connectivity index (χ4n) is 2.72. The zero-order valence-corrected chi connectivity index (χ0v) is 11.7. The van der Waals surface area contributed by atoms with Crippen molar-refractivity contribution in [1.82, 2.24) is 4.98 Å². The van der Waals surface area contributed by atoms with E-state index in [2.05, 4.69) is 4.98 Å². The Kier molecular flexibility index (Phi) is 4.22. The monoisotopic (exact) mass is 288 g/mol. The standard InChI is InChI=1S/C14H19F3N2O/c1-9-7-10(2)18-13(12(9)8-20)19-5-3-11(4-6-19)14(15,16)17/h7,11,20H,3-6,8H2,1-2H3. The number of hydrogen-bond donors (Lipinski definition) is 1. The third kappa shape index (κ3) is 3.06. The molecule has 0 spiro atoms. The van der Waals surface area contributed by atoms with Gasteiger partial charge in [-0.15, -0.1) is 0 Å². The summed E-state index contributed by atoms with van der Waals surface area (Å²) in [5.41, 5.74) is 2.45. The summed E-state index contributed by atoms with van der Waals surface area (Å²) < 4.78 is 38.0. The molecule has 0 atom stereocenters. The first kappa shape index (κ1) is 15.1. The van der Waals surface area contributed by atoms with Gasteiger partial charge in [0.1, 0.15) is 5.82 Å². The molecular formula is C14H19F3N2O. The predicted octanol–water partition coefficient (Wildman–Crippen LogP) is 2.97. The van der Waals surface area contributed by atoms with Crippen LogP contribution in [0.4, 0.5) is 19.0 Å². The Balaban J connectivity index is 2.19. The van der Waals surface area contributed by atoms with Crippen LogP contribution in [0.2, 0.25) is 0 Å². The summed E-state index contributed by atoms with van der Waals surface area (Å²) >= 11 is 0. The first-order valence-corrected chi connectivity index (χ1v) is 6.72. The Morgan fingerprint density at radius 3 is 2.40 bits per heavy atom. The van der Waals surface area contributed by atoms with Crippen LogP contribution in [0, 0.1) is 19.8 Å². The van der Waals surface area contributed by atoms with E-state index in [9.17, 15) is 18.3 Å². The maximum Gasteiger partial charge on any atom is 0.391 e. The highest BCUT2D eigenvalue weighted by atomic mass is 19.4.